The third kappa shape index (κ3) is 13.9. The zero-order valence-electron chi connectivity index (χ0n) is 75.5. The summed E-state index contributed by atoms with van der Waals surface area (Å²) in [5.74, 6) is 22.6. The number of benzene rings is 5. The first-order chi connectivity index (χ1) is 53.9. The van der Waals surface area contributed by atoms with Gasteiger partial charge < -0.3 is 72.9 Å². The summed E-state index contributed by atoms with van der Waals surface area (Å²) in [4.78, 5) is 0. The number of hydrogen-bond donors (Lipinski definition) is 0. The number of allylic oxidation sites excluding steroid dienone is 10. The van der Waals surface area contributed by atoms with E-state index < -0.39 is 0 Å². The molecule has 15 atom stereocenters. The molecular formula is C109H154Y3-6. The third-order valence-electron chi connectivity index (χ3n) is 32.3. The molecule has 0 nitrogen and oxygen atoms in total. The predicted molar refractivity (Wildman–Crippen MR) is 475 cm³/mol. The predicted octanol–water partition coefficient (Wildman–Crippen LogP) is 31.9. The molecule has 19 saturated carbocycles. The van der Waals surface area contributed by atoms with Crippen molar-refractivity contribution in [3.8, 4) is 0 Å². The Kier molecular flexibility index (Phi) is 36.5. The summed E-state index contributed by atoms with van der Waals surface area (Å²) in [6.45, 7) is 71.3. The largest absolute Gasteiger partial charge is 0.394 e. The minimum atomic E-state index is 0. The van der Waals surface area contributed by atoms with Crippen molar-refractivity contribution in [2.75, 3.05) is 0 Å². The van der Waals surface area contributed by atoms with E-state index in [1.54, 1.807) is 61.4 Å². The molecule has 15 unspecified atom stereocenters. The zero-order chi connectivity index (χ0) is 79.5. The van der Waals surface area contributed by atoms with Crippen LogP contribution in [0.3, 0.4) is 0 Å². The molecule has 605 valence electrons. The molecule has 0 amide bonds. The molecule has 3 heteroatoms. The second kappa shape index (κ2) is 42.1. The fourth-order valence-electron chi connectivity index (χ4n) is 29.7. The van der Waals surface area contributed by atoms with Crippen molar-refractivity contribution in [1.82, 2.24) is 0 Å². The summed E-state index contributed by atoms with van der Waals surface area (Å²) < 4.78 is 0. The van der Waals surface area contributed by atoms with Gasteiger partial charge in [-0.05, 0) is 254 Å². The SMILES string of the molecule is CC.CC.CC.CC.CC.CC.CC.CC.CC.CC.CC.CC.[CH-]=C1C(=[CH-])C2CC3CCC4CC1C432.[CH-]=CC1=[C-]C2C3CCC2C13.[CH-]=CC1=[C-]C2CC3CCC4CC1C234.[Y].[Y].[Y].c1cc2c3c(cccc3c1)C1=C2C2C3CCC2C13.c1cc2c3c(cccc3c1)C1CC3CCC4CC2C431.c1ccc2c(c1)C1C3CCC1C23. The van der Waals surface area contributed by atoms with Gasteiger partial charge in [-0.25, -0.2) is 0 Å². The van der Waals surface area contributed by atoms with E-state index in [4.69, 9.17) is 26.3 Å². The minimum absolute atomic E-state index is 0. The molecule has 33 rings (SSSR count). The van der Waals surface area contributed by atoms with Crippen LogP contribution in [0.5, 0.6) is 0 Å². The number of fused-ring (bicyclic) bond motifs is 5. The molecule has 28 aliphatic carbocycles. The van der Waals surface area contributed by atoms with Gasteiger partial charge >= 0.3 is 0 Å². The van der Waals surface area contributed by atoms with Crippen molar-refractivity contribution in [2.45, 2.75) is 305 Å². The van der Waals surface area contributed by atoms with Gasteiger partial charge in [-0.3, -0.25) is 0 Å². The average Bonchev–Trinajstić information content (AvgIpc) is 1.27. The Hall–Kier alpha value is -1.89. The summed E-state index contributed by atoms with van der Waals surface area (Å²) >= 11 is 0. The van der Waals surface area contributed by atoms with Gasteiger partial charge in [0.2, 0.25) is 0 Å². The Morgan fingerprint density at radius 2 is 0.607 bits per heavy atom. The van der Waals surface area contributed by atoms with Crippen molar-refractivity contribution in [3.63, 3.8) is 0 Å². The monoisotopic (exact) mass is 1730 g/mol. The van der Waals surface area contributed by atoms with E-state index in [0.29, 0.717) is 22.7 Å². The van der Waals surface area contributed by atoms with Crippen LogP contribution in [0.15, 0.2) is 132 Å². The maximum atomic E-state index is 6.09. The van der Waals surface area contributed by atoms with Gasteiger partial charge in [-0.2, -0.15) is 0 Å². The Labute approximate surface area is 765 Å². The molecule has 0 heterocycles. The van der Waals surface area contributed by atoms with Crippen LogP contribution >= 0.6 is 0 Å². The molecule has 3 radical (unpaired) electrons. The minimum Gasteiger partial charge on any atom is -0.394 e. The summed E-state index contributed by atoms with van der Waals surface area (Å²) in [7, 11) is 0. The van der Waals surface area contributed by atoms with Gasteiger partial charge in [0, 0.05) is 98.1 Å². The van der Waals surface area contributed by atoms with Crippen molar-refractivity contribution < 1.29 is 98.1 Å². The van der Waals surface area contributed by atoms with Crippen molar-refractivity contribution in [1.29, 1.82) is 0 Å². The van der Waals surface area contributed by atoms with Crippen molar-refractivity contribution in [2.24, 2.45) is 135 Å². The molecule has 0 saturated heterocycles. The molecule has 5 aromatic rings. The first kappa shape index (κ1) is 97.2. The van der Waals surface area contributed by atoms with Gasteiger partial charge in [0.05, 0.1) is 0 Å². The molecule has 0 aliphatic heterocycles. The van der Waals surface area contributed by atoms with E-state index in [-0.39, 0.29) is 98.1 Å². The molecule has 12 bridgehead atoms. The van der Waals surface area contributed by atoms with Gasteiger partial charge in [-0.15, -0.1) is 35.5 Å². The quantitative estimate of drug-likeness (QED) is 0.155. The summed E-state index contributed by atoms with van der Waals surface area (Å²) in [5, 5.41) is 6.11. The summed E-state index contributed by atoms with van der Waals surface area (Å²) in [6.07, 6.45) is 37.0. The Balaban J connectivity index is 0.000000177. The van der Waals surface area contributed by atoms with Gasteiger partial charge in [0.15, 0.2) is 0 Å². The smallest absolute Gasteiger partial charge is 0 e. The Morgan fingerprint density at radius 1 is 0.295 bits per heavy atom. The summed E-state index contributed by atoms with van der Waals surface area (Å²) in [5.41, 5.74) is 20.4. The standard InChI is InChI=1S/C19H18.C18H14.2C13H14.C12H12.C10H10.12C2H6.3Y/c1-3-11-4-2-6-15-17-10-13-8-7-12-9-16(19(12,13)17)14(5-1)18(11)15;1-3-9-4-2-6-11-14(9)10(5-1)17-15-12-7-8-13(15)16(12)18(11)17;1-7-8(2)12-6-10-4-3-9-5-11(7)13(9,10)12;1-2-8-5-11-6-9-3-4-10-7-12(8)13(9,10)11;1-2-4-8-7(3-1)11-9-5-6-10(11)12(8)9;1-2-6-5-9-7-3-4-8(9)10(6)7;12*1-2;;;/h1-6,12-13,16-17H,7-10H2;1-6,12-13,15-16H,7-8H2;1-2,9-12H,3-6H2;1-2,9-12H,3-4,6-7H2;1-4,9-12H,5-6H2;1-2,7-10H,3-4H2;12*1-2H3;;;/q;;2*-2;;-2;;;;;;;;;;;;;;;. The molecule has 112 heavy (non-hydrogen) atoms. The Bertz CT molecular complexity index is 3810. The van der Waals surface area contributed by atoms with Crippen LogP contribution in [0.2, 0.25) is 0 Å². The molecular weight excluding hydrogens is 1580 g/mol. The zero-order valence-corrected chi connectivity index (χ0v) is 84.0. The van der Waals surface area contributed by atoms with Crippen LogP contribution in [0.25, 0.3) is 32.7 Å². The second-order valence-electron chi connectivity index (χ2n) is 32.9. The van der Waals surface area contributed by atoms with Crippen LogP contribution in [0, 0.1) is 173 Å². The fraction of sp³-hybridized carbons (Fsp3) is 0.633. The second-order valence-corrected chi connectivity index (χ2v) is 32.9. The maximum absolute atomic E-state index is 6.09. The molecule has 0 N–H and O–H groups in total. The summed E-state index contributed by atoms with van der Waals surface area (Å²) in [6, 6.07) is 37.0. The van der Waals surface area contributed by atoms with Crippen LogP contribution < -0.4 is 0 Å². The maximum Gasteiger partial charge on any atom is 0 e. The average molecular weight is 1730 g/mol. The van der Waals surface area contributed by atoms with E-state index >= 15 is 0 Å². The molecule has 0 aromatic heterocycles. The first-order valence-electron chi connectivity index (χ1n) is 47.4. The van der Waals surface area contributed by atoms with E-state index in [2.05, 4.69) is 109 Å². The first-order valence-corrected chi connectivity index (χ1v) is 47.4. The van der Waals surface area contributed by atoms with Crippen LogP contribution in [0.4, 0.5) is 0 Å². The molecule has 19 fully saturated rings. The van der Waals surface area contributed by atoms with Crippen LogP contribution in [0.1, 0.15) is 339 Å². The van der Waals surface area contributed by atoms with Crippen LogP contribution in [-0.4, -0.2) is 0 Å². The number of hydrogen-bond acceptors (Lipinski definition) is 0. The van der Waals surface area contributed by atoms with Crippen LogP contribution in [-0.2, 0) is 98.1 Å². The van der Waals surface area contributed by atoms with E-state index in [9.17, 15) is 0 Å². The molecule has 28 aliphatic rings. The van der Waals surface area contributed by atoms with E-state index in [0.717, 1.165) is 147 Å². The fourth-order valence-corrected chi connectivity index (χ4v) is 29.7. The van der Waals surface area contributed by atoms with Crippen molar-refractivity contribution in [3.05, 3.63) is 203 Å². The van der Waals surface area contributed by atoms with E-state index in [1.165, 1.54) is 137 Å². The number of rotatable bonds is 2. The van der Waals surface area contributed by atoms with Crippen molar-refractivity contribution >= 4 is 32.7 Å². The van der Waals surface area contributed by atoms with Gasteiger partial charge in [-0.1, -0.05) is 314 Å². The third-order valence-corrected chi connectivity index (χ3v) is 32.3. The van der Waals surface area contributed by atoms with Gasteiger partial charge in [0.25, 0.3) is 0 Å². The Morgan fingerprint density at radius 3 is 0.973 bits per heavy atom. The van der Waals surface area contributed by atoms with E-state index in [1.807, 2.05) is 172 Å². The topological polar surface area (TPSA) is 0 Å². The normalized spacial score (nSPS) is 38.0. The molecule has 5 aromatic carbocycles. The molecule has 3 spiro atoms. The van der Waals surface area contributed by atoms with Gasteiger partial charge in [0.1, 0.15) is 0 Å².